The lowest BCUT2D eigenvalue weighted by Crippen LogP contribution is -2.27. The molecule has 19 heavy (non-hydrogen) atoms. The lowest BCUT2D eigenvalue weighted by Gasteiger charge is -2.08. The number of halogens is 2. The normalized spacial score (nSPS) is 10.7. The first-order valence-corrected chi connectivity index (χ1v) is 5.63. The molecule has 0 saturated carbocycles. The number of nitrogens with zero attached hydrogens (tertiary/aromatic N) is 2. The largest absolute Gasteiger partial charge is 0.391 e. The molecule has 2 rings (SSSR count). The number of aromatic nitrogens is 2. The summed E-state index contributed by atoms with van der Waals surface area (Å²) < 4.78 is 27.0. The Labute approximate surface area is 107 Å². The molecule has 0 aliphatic heterocycles. The van der Waals surface area contributed by atoms with Gasteiger partial charge in [-0.25, -0.2) is 13.5 Å². The Morgan fingerprint density at radius 2 is 2.00 bits per heavy atom. The summed E-state index contributed by atoms with van der Waals surface area (Å²) >= 11 is 0. The molecule has 0 aliphatic carbocycles. The van der Waals surface area contributed by atoms with Crippen LogP contribution >= 0.6 is 0 Å². The Morgan fingerprint density at radius 3 is 2.63 bits per heavy atom. The van der Waals surface area contributed by atoms with E-state index in [1.807, 2.05) is 0 Å². The second kappa shape index (κ2) is 5.27. The van der Waals surface area contributed by atoms with Crippen molar-refractivity contribution in [2.24, 2.45) is 0 Å². The number of aliphatic hydroxyl groups is 1. The second-order valence-electron chi connectivity index (χ2n) is 4.18. The minimum absolute atomic E-state index is 0.0186. The molecule has 2 aromatic rings. The van der Waals surface area contributed by atoms with Crippen molar-refractivity contribution in [3.05, 3.63) is 63.1 Å². The molecule has 1 N–H and O–H groups in total. The zero-order valence-corrected chi connectivity index (χ0v) is 10.2. The Kier molecular flexibility index (Phi) is 3.71. The van der Waals surface area contributed by atoms with Gasteiger partial charge in [0.1, 0.15) is 0 Å². The number of rotatable bonds is 3. The molecule has 100 valence electrons. The minimum Gasteiger partial charge on any atom is -0.391 e. The van der Waals surface area contributed by atoms with Gasteiger partial charge in [0, 0.05) is 5.56 Å². The molecule has 0 amide bonds. The van der Waals surface area contributed by atoms with Crippen LogP contribution in [0.1, 0.15) is 16.8 Å². The minimum atomic E-state index is -0.972. The van der Waals surface area contributed by atoms with Crippen LogP contribution in [0.5, 0.6) is 0 Å². The van der Waals surface area contributed by atoms with Gasteiger partial charge >= 0.3 is 0 Å². The highest BCUT2D eigenvalue weighted by molar-refractivity contribution is 5.19. The van der Waals surface area contributed by atoms with Crippen LogP contribution in [0.2, 0.25) is 0 Å². The molecular weight excluding hydrogens is 254 g/mol. The van der Waals surface area contributed by atoms with E-state index in [0.29, 0.717) is 11.3 Å². The number of benzene rings is 1. The van der Waals surface area contributed by atoms with Crippen molar-refractivity contribution < 1.29 is 13.9 Å². The molecule has 0 saturated heterocycles. The Balaban J connectivity index is 2.40. The second-order valence-corrected chi connectivity index (χ2v) is 4.18. The SMILES string of the molecule is Cc1cc(CO)c(=O)n(Cc2ccc(F)c(F)c2)n1. The van der Waals surface area contributed by atoms with Crippen LogP contribution in [0.15, 0.2) is 29.1 Å². The number of aryl methyl sites for hydroxylation is 1. The van der Waals surface area contributed by atoms with Gasteiger partial charge in [-0.1, -0.05) is 6.07 Å². The predicted molar refractivity (Wildman–Crippen MR) is 64.6 cm³/mol. The first-order chi connectivity index (χ1) is 9.01. The van der Waals surface area contributed by atoms with Crippen molar-refractivity contribution in [1.82, 2.24) is 9.78 Å². The van der Waals surface area contributed by atoms with Crippen molar-refractivity contribution >= 4 is 0 Å². The van der Waals surface area contributed by atoms with Crippen molar-refractivity contribution in [2.75, 3.05) is 0 Å². The Morgan fingerprint density at radius 1 is 1.26 bits per heavy atom. The molecule has 0 unspecified atom stereocenters. The van der Waals surface area contributed by atoms with Crippen molar-refractivity contribution in [3.63, 3.8) is 0 Å². The van der Waals surface area contributed by atoms with E-state index in [-0.39, 0.29) is 18.7 Å². The molecule has 0 atom stereocenters. The summed E-state index contributed by atoms with van der Waals surface area (Å²) in [7, 11) is 0. The van der Waals surface area contributed by atoms with Gasteiger partial charge in [-0.2, -0.15) is 5.10 Å². The third kappa shape index (κ3) is 2.85. The molecule has 0 fully saturated rings. The molecule has 0 aliphatic rings. The Hall–Kier alpha value is -2.08. The summed E-state index contributed by atoms with van der Waals surface area (Å²) in [5.74, 6) is -1.91. The molecule has 0 spiro atoms. The van der Waals surface area contributed by atoms with Crippen LogP contribution < -0.4 is 5.56 Å². The van der Waals surface area contributed by atoms with Crippen LogP contribution in [0.25, 0.3) is 0 Å². The fourth-order valence-corrected chi connectivity index (χ4v) is 1.78. The number of aliphatic hydroxyl groups excluding tert-OH is 1. The number of hydrogen-bond acceptors (Lipinski definition) is 3. The monoisotopic (exact) mass is 266 g/mol. The summed E-state index contributed by atoms with van der Waals surface area (Å²) in [5, 5.41) is 13.1. The van der Waals surface area contributed by atoms with E-state index in [2.05, 4.69) is 5.10 Å². The number of hydrogen-bond donors (Lipinski definition) is 1. The van der Waals surface area contributed by atoms with Crippen LogP contribution in [0, 0.1) is 18.6 Å². The lowest BCUT2D eigenvalue weighted by atomic mass is 10.2. The highest BCUT2D eigenvalue weighted by Gasteiger charge is 2.08. The van der Waals surface area contributed by atoms with Crippen molar-refractivity contribution in [2.45, 2.75) is 20.1 Å². The van der Waals surface area contributed by atoms with E-state index < -0.39 is 17.2 Å². The molecule has 6 heteroatoms. The van der Waals surface area contributed by atoms with Crippen LogP contribution in [0.4, 0.5) is 8.78 Å². The van der Waals surface area contributed by atoms with E-state index in [9.17, 15) is 13.6 Å². The fraction of sp³-hybridized carbons (Fsp3) is 0.231. The lowest BCUT2D eigenvalue weighted by molar-refractivity contribution is 0.278. The van der Waals surface area contributed by atoms with Gasteiger partial charge in [0.05, 0.1) is 18.8 Å². The zero-order chi connectivity index (χ0) is 14.0. The fourth-order valence-electron chi connectivity index (χ4n) is 1.78. The average molecular weight is 266 g/mol. The summed E-state index contributed by atoms with van der Waals surface area (Å²) in [4.78, 5) is 11.9. The van der Waals surface area contributed by atoms with Gasteiger partial charge in [-0.05, 0) is 30.7 Å². The van der Waals surface area contributed by atoms with Crippen molar-refractivity contribution in [1.29, 1.82) is 0 Å². The van der Waals surface area contributed by atoms with E-state index in [4.69, 9.17) is 5.11 Å². The smallest absolute Gasteiger partial charge is 0.272 e. The molecule has 1 aromatic heterocycles. The molecule has 1 heterocycles. The maximum atomic E-state index is 13.1. The molecule has 4 nitrogen and oxygen atoms in total. The third-order valence-electron chi connectivity index (χ3n) is 2.66. The average Bonchev–Trinajstić information content (AvgIpc) is 2.37. The zero-order valence-electron chi connectivity index (χ0n) is 10.2. The van der Waals surface area contributed by atoms with Crippen LogP contribution in [0.3, 0.4) is 0 Å². The van der Waals surface area contributed by atoms with E-state index >= 15 is 0 Å². The summed E-state index contributed by atoms with van der Waals surface area (Å²) in [6, 6.07) is 4.89. The van der Waals surface area contributed by atoms with Crippen molar-refractivity contribution in [3.8, 4) is 0 Å². The van der Waals surface area contributed by atoms with Crippen LogP contribution in [-0.2, 0) is 13.2 Å². The first kappa shape index (κ1) is 13.4. The van der Waals surface area contributed by atoms with E-state index in [0.717, 1.165) is 16.8 Å². The molecule has 0 bridgehead atoms. The van der Waals surface area contributed by atoms with Gasteiger partial charge in [0.15, 0.2) is 11.6 Å². The Bertz CT molecular complexity index is 668. The highest BCUT2D eigenvalue weighted by Crippen LogP contribution is 2.09. The van der Waals surface area contributed by atoms with E-state index in [1.54, 1.807) is 6.92 Å². The molecule has 1 aromatic carbocycles. The standard InChI is InChI=1S/C13H12F2N2O2/c1-8-4-10(7-18)13(19)17(16-8)6-9-2-3-11(14)12(15)5-9/h2-5,18H,6-7H2,1H3. The van der Waals surface area contributed by atoms with Gasteiger partial charge in [-0.3, -0.25) is 4.79 Å². The maximum absolute atomic E-state index is 13.1. The maximum Gasteiger partial charge on any atom is 0.272 e. The van der Waals surface area contributed by atoms with Gasteiger partial charge in [0.25, 0.3) is 5.56 Å². The third-order valence-corrected chi connectivity index (χ3v) is 2.66. The highest BCUT2D eigenvalue weighted by atomic mass is 19.2. The summed E-state index contributed by atoms with van der Waals surface area (Å²) in [5.41, 5.74) is 0.752. The van der Waals surface area contributed by atoms with Gasteiger partial charge in [-0.15, -0.1) is 0 Å². The van der Waals surface area contributed by atoms with Gasteiger partial charge in [0.2, 0.25) is 0 Å². The predicted octanol–water partition coefficient (Wildman–Crippen LogP) is 1.37. The topological polar surface area (TPSA) is 55.1 Å². The van der Waals surface area contributed by atoms with E-state index in [1.165, 1.54) is 12.1 Å². The summed E-state index contributed by atoms with van der Waals surface area (Å²) in [6.45, 7) is 1.31. The first-order valence-electron chi connectivity index (χ1n) is 5.63. The quantitative estimate of drug-likeness (QED) is 0.913. The molecular formula is C13H12F2N2O2. The van der Waals surface area contributed by atoms with Crippen LogP contribution in [-0.4, -0.2) is 14.9 Å². The molecule has 0 radical (unpaired) electrons. The summed E-state index contributed by atoms with van der Waals surface area (Å²) in [6.07, 6.45) is 0. The van der Waals surface area contributed by atoms with Gasteiger partial charge < -0.3 is 5.11 Å².